The van der Waals surface area contributed by atoms with E-state index in [-0.39, 0.29) is 5.97 Å². The number of aliphatic hydroxyl groups is 1. The van der Waals surface area contributed by atoms with Gasteiger partial charge in [0.05, 0.1) is 6.61 Å². The lowest BCUT2D eigenvalue weighted by Gasteiger charge is -2.01. The Morgan fingerprint density at radius 3 is 1.95 bits per heavy atom. The molecule has 0 aliphatic heterocycles. The first-order valence-corrected chi connectivity index (χ1v) is 8.72. The summed E-state index contributed by atoms with van der Waals surface area (Å²) in [5, 5.41) is 8.66. The summed E-state index contributed by atoms with van der Waals surface area (Å²) in [7, 11) is 0. The molecule has 0 aromatic carbocycles. The van der Waals surface area contributed by atoms with E-state index in [1.54, 1.807) is 0 Å². The normalized spacial score (nSPS) is 11.1. The lowest BCUT2D eigenvalue weighted by Crippen LogP contribution is -2.03. The van der Waals surface area contributed by atoms with Crippen LogP contribution in [0.4, 0.5) is 0 Å². The van der Waals surface area contributed by atoms with Crippen LogP contribution in [0.5, 0.6) is 0 Å². The Morgan fingerprint density at radius 1 is 0.857 bits per heavy atom. The number of carbonyl (C=O) groups excluding carboxylic acids is 1. The summed E-state index contributed by atoms with van der Waals surface area (Å²) < 4.78 is 4.89. The standard InChI is InChI=1S/C18H34O3/c1-2-21-18(20)16-14-12-10-8-6-4-3-5-7-9-11-13-15-17-19/h3,5,19H,2,4,6-17H2,1H3/b5-3-. The molecule has 1 N–H and O–H groups in total. The molecule has 124 valence electrons. The quantitative estimate of drug-likeness (QED) is 0.269. The van der Waals surface area contributed by atoms with Gasteiger partial charge in [0, 0.05) is 13.0 Å². The van der Waals surface area contributed by atoms with Gasteiger partial charge in [-0.25, -0.2) is 0 Å². The van der Waals surface area contributed by atoms with Gasteiger partial charge in [-0.15, -0.1) is 0 Å². The van der Waals surface area contributed by atoms with E-state index in [1.165, 1.54) is 44.9 Å². The molecule has 0 fully saturated rings. The molecule has 0 rings (SSSR count). The van der Waals surface area contributed by atoms with E-state index in [1.807, 2.05) is 6.92 Å². The molecule has 0 spiro atoms. The fraction of sp³-hybridized carbons (Fsp3) is 0.833. The Balaban J connectivity index is 3.12. The molecule has 0 bridgehead atoms. The van der Waals surface area contributed by atoms with Crippen molar-refractivity contribution in [1.82, 2.24) is 0 Å². The second kappa shape index (κ2) is 17.2. The number of aliphatic hydroxyl groups excluding tert-OH is 1. The molecule has 21 heavy (non-hydrogen) atoms. The molecule has 0 heterocycles. The zero-order valence-corrected chi connectivity index (χ0v) is 13.8. The summed E-state index contributed by atoms with van der Waals surface area (Å²) in [6, 6.07) is 0. The number of hydrogen-bond donors (Lipinski definition) is 1. The maximum Gasteiger partial charge on any atom is 0.305 e. The van der Waals surface area contributed by atoms with E-state index in [2.05, 4.69) is 12.2 Å². The third-order valence-corrected chi connectivity index (χ3v) is 3.50. The van der Waals surface area contributed by atoms with Crippen LogP contribution in [0.15, 0.2) is 12.2 Å². The summed E-state index contributed by atoms with van der Waals surface area (Å²) >= 11 is 0. The second-order valence-electron chi connectivity index (χ2n) is 5.51. The first kappa shape index (κ1) is 20.2. The van der Waals surface area contributed by atoms with Crippen LogP contribution in [-0.2, 0) is 9.53 Å². The SMILES string of the molecule is CCOC(=O)CCCCCCC/C=C\CCCCCCO. The summed E-state index contributed by atoms with van der Waals surface area (Å²) in [6.07, 6.45) is 17.9. The highest BCUT2D eigenvalue weighted by molar-refractivity contribution is 5.69. The molecule has 0 amide bonds. The fourth-order valence-corrected chi connectivity index (χ4v) is 2.26. The van der Waals surface area contributed by atoms with Crippen molar-refractivity contribution in [2.75, 3.05) is 13.2 Å². The molecule has 0 saturated carbocycles. The van der Waals surface area contributed by atoms with Crippen molar-refractivity contribution in [2.24, 2.45) is 0 Å². The minimum absolute atomic E-state index is 0.0561. The Morgan fingerprint density at radius 2 is 1.38 bits per heavy atom. The minimum atomic E-state index is -0.0561. The molecule has 0 unspecified atom stereocenters. The number of hydrogen-bond acceptors (Lipinski definition) is 3. The van der Waals surface area contributed by atoms with Crippen LogP contribution >= 0.6 is 0 Å². The van der Waals surface area contributed by atoms with Crippen LogP contribution in [0.25, 0.3) is 0 Å². The number of carbonyl (C=O) groups is 1. The van der Waals surface area contributed by atoms with Crippen LogP contribution in [0, 0.1) is 0 Å². The Labute approximate surface area is 130 Å². The highest BCUT2D eigenvalue weighted by atomic mass is 16.5. The third-order valence-electron chi connectivity index (χ3n) is 3.50. The smallest absolute Gasteiger partial charge is 0.305 e. The number of rotatable bonds is 15. The largest absolute Gasteiger partial charge is 0.466 e. The minimum Gasteiger partial charge on any atom is -0.466 e. The van der Waals surface area contributed by atoms with Gasteiger partial charge in [-0.05, 0) is 45.4 Å². The second-order valence-corrected chi connectivity index (χ2v) is 5.51. The monoisotopic (exact) mass is 298 g/mol. The predicted octanol–water partition coefficient (Wildman–Crippen LogP) is 4.78. The van der Waals surface area contributed by atoms with Gasteiger partial charge in [0.15, 0.2) is 0 Å². The van der Waals surface area contributed by atoms with E-state index >= 15 is 0 Å². The molecule has 0 radical (unpaired) electrons. The van der Waals surface area contributed by atoms with Crippen molar-refractivity contribution < 1.29 is 14.6 Å². The van der Waals surface area contributed by atoms with E-state index in [0.29, 0.717) is 19.6 Å². The number of ether oxygens (including phenoxy) is 1. The Hall–Kier alpha value is -0.830. The Bertz CT molecular complexity index is 249. The van der Waals surface area contributed by atoms with Gasteiger partial charge in [-0.1, -0.05) is 44.3 Å². The van der Waals surface area contributed by atoms with Gasteiger partial charge >= 0.3 is 5.97 Å². The molecule has 3 heteroatoms. The van der Waals surface area contributed by atoms with E-state index in [0.717, 1.165) is 25.7 Å². The summed E-state index contributed by atoms with van der Waals surface area (Å²) in [5.41, 5.74) is 0. The van der Waals surface area contributed by atoms with Gasteiger partial charge < -0.3 is 9.84 Å². The molecule has 0 aliphatic carbocycles. The van der Waals surface area contributed by atoms with Crippen molar-refractivity contribution in [3.63, 3.8) is 0 Å². The molecule has 0 aromatic heterocycles. The number of allylic oxidation sites excluding steroid dienone is 2. The topological polar surface area (TPSA) is 46.5 Å². The molecule has 0 saturated heterocycles. The maximum atomic E-state index is 11.1. The molecule has 0 aromatic rings. The predicted molar refractivity (Wildman–Crippen MR) is 88.3 cm³/mol. The molecule has 0 aliphatic rings. The lowest BCUT2D eigenvalue weighted by molar-refractivity contribution is -0.143. The number of esters is 1. The highest BCUT2D eigenvalue weighted by Crippen LogP contribution is 2.09. The molecular formula is C18H34O3. The van der Waals surface area contributed by atoms with Gasteiger partial charge in [-0.2, -0.15) is 0 Å². The van der Waals surface area contributed by atoms with Crippen molar-refractivity contribution in [2.45, 2.75) is 84.0 Å². The summed E-state index contributed by atoms with van der Waals surface area (Å²) in [4.78, 5) is 11.1. The molecule has 0 atom stereocenters. The van der Waals surface area contributed by atoms with Crippen molar-refractivity contribution in [3.8, 4) is 0 Å². The Kier molecular flexibility index (Phi) is 16.5. The maximum absolute atomic E-state index is 11.1. The lowest BCUT2D eigenvalue weighted by atomic mass is 10.1. The van der Waals surface area contributed by atoms with Crippen LogP contribution < -0.4 is 0 Å². The third kappa shape index (κ3) is 17.1. The first-order valence-electron chi connectivity index (χ1n) is 8.72. The molecule has 3 nitrogen and oxygen atoms in total. The van der Waals surface area contributed by atoms with Crippen molar-refractivity contribution in [3.05, 3.63) is 12.2 Å². The molecular weight excluding hydrogens is 264 g/mol. The fourth-order valence-electron chi connectivity index (χ4n) is 2.26. The zero-order valence-electron chi connectivity index (χ0n) is 13.8. The van der Waals surface area contributed by atoms with Gasteiger partial charge in [0.25, 0.3) is 0 Å². The first-order chi connectivity index (χ1) is 10.3. The van der Waals surface area contributed by atoms with E-state index < -0.39 is 0 Å². The average Bonchev–Trinajstić information content (AvgIpc) is 2.48. The number of unbranched alkanes of at least 4 members (excludes halogenated alkanes) is 9. The van der Waals surface area contributed by atoms with Crippen LogP contribution in [0.2, 0.25) is 0 Å². The summed E-state index contributed by atoms with van der Waals surface area (Å²) in [5.74, 6) is -0.0561. The van der Waals surface area contributed by atoms with Crippen LogP contribution in [0.3, 0.4) is 0 Å². The van der Waals surface area contributed by atoms with Gasteiger partial charge in [0.2, 0.25) is 0 Å². The van der Waals surface area contributed by atoms with Crippen LogP contribution in [-0.4, -0.2) is 24.3 Å². The summed E-state index contributed by atoms with van der Waals surface area (Å²) in [6.45, 7) is 2.67. The average molecular weight is 298 g/mol. The van der Waals surface area contributed by atoms with Gasteiger partial charge in [-0.3, -0.25) is 4.79 Å². The van der Waals surface area contributed by atoms with E-state index in [4.69, 9.17) is 9.84 Å². The van der Waals surface area contributed by atoms with Gasteiger partial charge in [0.1, 0.15) is 0 Å². The van der Waals surface area contributed by atoms with Crippen LogP contribution in [0.1, 0.15) is 84.0 Å². The van der Waals surface area contributed by atoms with Crippen molar-refractivity contribution >= 4 is 5.97 Å². The van der Waals surface area contributed by atoms with Crippen molar-refractivity contribution in [1.29, 1.82) is 0 Å². The highest BCUT2D eigenvalue weighted by Gasteiger charge is 2.00. The zero-order chi connectivity index (χ0) is 15.6. The van der Waals surface area contributed by atoms with E-state index in [9.17, 15) is 4.79 Å².